The van der Waals surface area contributed by atoms with Crippen molar-refractivity contribution >= 4 is 29.0 Å². The Morgan fingerprint density at radius 2 is 2.04 bits per heavy atom. The first-order chi connectivity index (χ1) is 11.8. The van der Waals surface area contributed by atoms with Crippen molar-refractivity contribution in [2.24, 2.45) is 0 Å². The zero-order chi connectivity index (χ0) is 18.4. The molecule has 1 heterocycles. The van der Waals surface area contributed by atoms with E-state index >= 15 is 0 Å². The summed E-state index contributed by atoms with van der Waals surface area (Å²) in [6.45, 7) is 0.950. The molecule has 0 aliphatic rings. The second-order valence-corrected chi connectivity index (χ2v) is 5.40. The molecule has 0 spiro atoms. The molecule has 1 aromatic carbocycles. The number of rotatable bonds is 6. The molecule has 2 aromatic rings. The van der Waals surface area contributed by atoms with Gasteiger partial charge in [0.15, 0.2) is 0 Å². The molecule has 134 valence electrons. The second-order valence-electron chi connectivity index (χ2n) is 5.00. The maximum absolute atomic E-state index is 12.8. The Morgan fingerprint density at radius 3 is 2.72 bits per heavy atom. The lowest BCUT2D eigenvalue weighted by Gasteiger charge is -2.12. The van der Waals surface area contributed by atoms with E-state index in [1.807, 2.05) is 0 Å². The van der Waals surface area contributed by atoms with Crippen LogP contribution in [-0.4, -0.2) is 31.2 Å². The first-order valence-corrected chi connectivity index (χ1v) is 7.56. The zero-order valence-electron chi connectivity index (χ0n) is 13.2. The number of benzene rings is 1. The van der Waals surface area contributed by atoms with Gasteiger partial charge in [0, 0.05) is 25.4 Å². The summed E-state index contributed by atoms with van der Waals surface area (Å²) in [5, 5.41) is 5.34. The third-order valence-corrected chi connectivity index (χ3v) is 3.51. The molecule has 0 fully saturated rings. The van der Waals surface area contributed by atoms with Crippen molar-refractivity contribution in [3.63, 3.8) is 0 Å². The highest BCUT2D eigenvalue weighted by molar-refractivity contribution is 6.34. The maximum Gasteiger partial charge on any atom is 0.416 e. The lowest BCUT2D eigenvalue weighted by atomic mass is 10.1. The van der Waals surface area contributed by atoms with Gasteiger partial charge in [-0.2, -0.15) is 13.2 Å². The summed E-state index contributed by atoms with van der Waals surface area (Å²) in [4.78, 5) is 16.3. The number of methoxy groups -OCH3 is 1. The van der Waals surface area contributed by atoms with E-state index in [0.29, 0.717) is 19.0 Å². The molecule has 1 aromatic heterocycles. The van der Waals surface area contributed by atoms with Crippen LogP contribution in [0.1, 0.15) is 15.9 Å². The van der Waals surface area contributed by atoms with Gasteiger partial charge in [-0.15, -0.1) is 0 Å². The summed E-state index contributed by atoms with van der Waals surface area (Å²) in [7, 11) is 1.55. The predicted octanol–water partition coefficient (Wildman–Crippen LogP) is 4.06. The van der Waals surface area contributed by atoms with Gasteiger partial charge < -0.3 is 15.4 Å². The van der Waals surface area contributed by atoms with E-state index < -0.39 is 17.6 Å². The van der Waals surface area contributed by atoms with Crippen LogP contribution in [0.4, 0.5) is 24.7 Å². The Kier molecular flexibility index (Phi) is 6.22. The van der Waals surface area contributed by atoms with Crippen molar-refractivity contribution < 1.29 is 22.7 Å². The fraction of sp³-hybridized carbons (Fsp3) is 0.250. The Bertz CT molecular complexity index is 754. The average Bonchev–Trinajstić information content (AvgIpc) is 2.56. The monoisotopic (exact) mass is 373 g/mol. The SMILES string of the molecule is COCCNc1cc(C(=O)Nc2cc(C(F)(F)F)ccc2Cl)ccn1. The number of carbonyl (C=O) groups excluding carboxylic acids is 1. The first-order valence-electron chi connectivity index (χ1n) is 7.18. The van der Waals surface area contributed by atoms with Gasteiger partial charge in [0.05, 0.1) is 22.9 Å². The molecular weight excluding hydrogens is 359 g/mol. The minimum atomic E-state index is -4.53. The van der Waals surface area contributed by atoms with Crippen LogP contribution in [-0.2, 0) is 10.9 Å². The van der Waals surface area contributed by atoms with E-state index in [9.17, 15) is 18.0 Å². The van der Waals surface area contributed by atoms with Crippen LogP contribution in [0.25, 0.3) is 0 Å². The molecule has 0 bridgehead atoms. The molecule has 0 atom stereocenters. The zero-order valence-corrected chi connectivity index (χ0v) is 13.9. The summed E-state index contributed by atoms with van der Waals surface area (Å²) < 4.78 is 43.2. The summed E-state index contributed by atoms with van der Waals surface area (Å²) in [6, 6.07) is 5.65. The van der Waals surface area contributed by atoms with E-state index in [1.165, 1.54) is 18.3 Å². The van der Waals surface area contributed by atoms with E-state index in [-0.39, 0.29) is 16.3 Å². The van der Waals surface area contributed by atoms with Crippen LogP contribution >= 0.6 is 11.6 Å². The minimum absolute atomic E-state index is 0.00819. The van der Waals surface area contributed by atoms with Crippen LogP contribution in [0.15, 0.2) is 36.5 Å². The van der Waals surface area contributed by atoms with Gasteiger partial charge in [0.2, 0.25) is 0 Å². The van der Waals surface area contributed by atoms with Crippen LogP contribution in [0.2, 0.25) is 5.02 Å². The Labute approximate surface area is 147 Å². The van der Waals surface area contributed by atoms with E-state index in [0.717, 1.165) is 18.2 Å². The van der Waals surface area contributed by atoms with Gasteiger partial charge in [-0.25, -0.2) is 4.98 Å². The highest BCUT2D eigenvalue weighted by Crippen LogP contribution is 2.34. The lowest BCUT2D eigenvalue weighted by molar-refractivity contribution is -0.137. The Hall–Kier alpha value is -2.32. The molecule has 25 heavy (non-hydrogen) atoms. The summed E-state index contributed by atoms with van der Waals surface area (Å²) >= 11 is 5.87. The molecule has 0 unspecified atom stereocenters. The molecular formula is C16H15ClF3N3O2. The average molecular weight is 374 g/mol. The topological polar surface area (TPSA) is 63.2 Å². The minimum Gasteiger partial charge on any atom is -0.383 e. The van der Waals surface area contributed by atoms with Crippen LogP contribution < -0.4 is 10.6 Å². The molecule has 1 amide bonds. The molecule has 0 aliphatic carbocycles. The largest absolute Gasteiger partial charge is 0.416 e. The number of aromatic nitrogens is 1. The maximum atomic E-state index is 12.8. The van der Waals surface area contributed by atoms with Gasteiger partial charge in [0.1, 0.15) is 5.82 Å². The molecule has 0 radical (unpaired) electrons. The summed E-state index contributed by atoms with van der Waals surface area (Å²) in [6.07, 6.45) is -3.11. The normalized spacial score (nSPS) is 11.2. The Balaban J connectivity index is 2.16. The fourth-order valence-corrected chi connectivity index (χ4v) is 2.11. The van der Waals surface area contributed by atoms with Gasteiger partial charge in [-0.05, 0) is 30.3 Å². The number of nitrogens with zero attached hydrogens (tertiary/aromatic N) is 1. The van der Waals surface area contributed by atoms with Gasteiger partial charge in [-0.1, -0.05) is 11.6 Å². The third kappa shape index (κ3) is 5.33. The molecule has 5 nitrogen and oxygen atoms in total. The van der Waals surface area contributed by atoms with Crippen LogP contribution in [0.5, 0.6) is 0 Å². The fourth-order valence-electron chi connectivity index (χ4n) is 1.94. The van der Waals surface area contributed by atoms with E-state index in [2.05, 4.69) is 15.6 Å². The van der Waals surface area contributed by atoms with Gasteiger partial charge >= 0.3 is 6.18 Å². The van der Waals surface area contributed by atoms with Gasteiger partial charge in [0.25, 0.3) is 5.91 Å². The number of anilines is 2. The lowest BCUT2D eigenvalue weighted by Crippen LogP contribution is -2.15. The number of hydrogen-bond acceptors (Lipinski definition) is 4. The number of pyridine rings is 1. The predicted molar refractivity (Wildman–Crippen MR) is 89.0 cm³/mol. The summed E-state index contributed by atoms with van der Waals surface area (Å²) in [5.74, 6) is -0.154. The van der Waals surface area contributed by atoms with E-state index in [4.69, 9.17) is 16.3 Å². The number of carbonyl (C=O) groups is 1. The summed E-state index contributed by atoms with van der Waals surface area (Å²) in [5.41, 5.74) is -0.792. The van der Waals surface area contributed by atoms with Crippen molar-refractivity contribution in [1.29, 1.82) is 0 Å². The molecule has 2 rings (SSSR count). The number of halogens is 4. The highest BCUT2D eigenvalue weighted by Gasteiger charge is 2.31. The number of ether oxygens (including phenoxy) is 1. The Morgan fingerprint density at radius 1 is 1.28 bits per heavy atom. The second kappa shape index (κ2) is 8.17. The quantitative estimate of drug-likeness (QED) is 0.749. The van der Waals surface area contributed by atoms with Crippen LogP contribution in [0.3, 0.4) is 0 Å². The smallest absolute Gasteiger partial charge is 0.383 e. The molecule has 0 aliphatic heterocycles. The number of nitrogens with one attached hydrogen (secondary N) is 2. The third-order valence-electron chi connectivity index (χ3n) is 3.18. The van der Waals surface area contributed by atoms with E-state index in [1.54, 1.807) is 7.11 Å². The molecule has 0 saturated carbocycles. The molecule has 9 heteroatoms. The number of amides is 1. The standard InChI is InChI=1S/C16H15ClF3N3O2/c1-25-7-6-22-14-8-10(4-5-21-14)15(24)23-13-9-11(16(18,19)20)2-3-12(13)17/h2-5,8-9H,6-7H2,1H3,(H,21,22)(H,23,24). The highest BCUT2D eigenvalue weighted by atomic mass is 35.5. The van der Waals surface area contributed by atoms with Crippen molar-refractivity contribution in [2.45, 2.75) is 6.18 Å². The van der Waals surface area contributed by atoms with Crippen LogP contribution in [0, 0.1) is 0 Å². The van der Waals surface area contributed by atoms with Crippen molar-refractivity contribution in [2.75, 3.05) is 30.9 Å². The van der Waals surface area contributed by atoms with Crippen molar-refractivity contribution in [1.82, 2.24) is 4.98 Å². The molecule has 0 saturated heterocycles. The van der Waals surface area contributed by atoms with Crippen molar-refractivity contribution in [3.05, 3.63) is 52.7 Å². The van der Waals surface area contributed by atoms with Gasteiger partial charge in [-0.3, -0.25) is 4.79 Å². The number of hydrogen-bond donors (Lipinski definition) is 2. The number of alkyl halides is 3. The first kappa shape index (κ1) is 19.0. The van der Waals surface area contributed by atoms with Crippen molar-refractivity contribution in [3.8, 4) is 0 Å². The molecule has 2 N–H and O–H groups in total.